The van der Waals surface area contributed by atoms with Crippen LogP contribution < -0.4 is 10.6 Å². The summed E-state index contributed by atoms with van der Waals surface area (Å²) in [4.78, 5) is 34.3. The third-order valence-electron chi connectivity index (χ3n) is 3.03. The second-order valence-electron chi connectivity index (χ2n) is 5.11. The van der Waals surface area contributed by atoms with Crippen molar-refractivity contribution in [2.45, 2.75) is 17.4 Å². The van der Waals surface area contributed by atoms with E-state index in [0.29, 0.717) is 12.2 Å². The van der Waals surface area contributed by atoms with Gasteiger partial charge in [0.05, 0.1) is 17.7 Å². The highest BCUT2D eigenvalue weighted by Gasteiger charge is 2.33. The Hall–Kier alpha value is -2.59. The normalized spacial score (nSPS) is 10.7. The average Bonchev–Trinajstić information content (AvgIpc) is 3.00. The van der Waals surface area contributed by atoms with Crippen LogP contribution in [-0.4, -0.2) is 32.5 Å². The maximum atomic E-state index is 12.5. The van der Waals surface area contributed by atoms with Gasteiger partial charge in [0.1, 0.15) is 6.29 Å². The topological polar surface area (TPSA) is 93.1 Å². The molecular formula is C16H15Cl2F3N4O3. The molecule has 0 saturated heterocycles. The predicted octanol–water partition coefficient (Wildman–Crippen LogP) is 3.40. The highest BCUT2D eigenvalue weighted by molar-refractivity contribution is 6.54. The van der Waals surface area contributed by atoms with Gasteiger partial charge in [-0.3, -0.25) is 14.9 Å². The standard InChI is InChI=1S/C9H6Cl2F3NO.C7H9N3O2/c10-7(11)8(16)15-6-4-2-1-3-5(6)9(12,13)14;1-10-4-3-8-7(10)9-6(12)2-5-11/h1-4,7H,(H,15,16);3-5H,2H2,1H3,(H,8,9,12). The Morgan fingerprint density at radius 2 is 1.89 bits per heavy atom. The zero-order valence-corrected chi connectivity index (χ0v) is 15.8. The number of aryl methyl sites for hydroxylation is 1. The minimum absolute atomic E-state index is 0.132. The van der Waals surface area contributed by atoms with Crippen LogP contribution in [0.4, 0.5) is 24.8 Å². The molecule has 1 aromatic heterocycles. The van der Waals surface area contributed by atoms with E-state index in [2.05, 4.69) is 10.3 Å². The lowest BCUT2D eigenvalue weighted by atomic mass is 10.1. The summed E-state index contributed by atoms with van der Waals surface area (Å²) in [7, 11) is 1.75. The second kappa shape index (κ2) is 10.7. The number of alkyl halides is 5. The van der Waals surface area contributed by atoms with Gasteiger partial charge in [0.2, 0.25) is 11.9 Å². The number of nitrogens with one attached hydrogen (secondary N) is 2. The summed E-state index contributed by atoms with van der Waals surface area (Å²) in [5.74, 6) is -0.804. The summed E-state index contributed by atoms with van der Waals surface area (Å²) in [5.41, 5.74) is -1.32. The number of nitrogens with zero attached hydrogens (tertiary/aromatic N) is 2. The predicted molar refractivity (Wildman–Crippen MR) is 98.1 cm³/mol. The van der Waals surface area contributed by atoms with Crippen LogP contribution in [0.3, 0.4) is 0 Å². The number of aromatic nitrogens is 2. The average molecular weight is 439 g/mol. The first-order valence-corrected chi connectivity index (χ1v) is 8.39. The van der Waals surface area contributed by atoms with E-state index < -0.39 is 22.5 Å². The molecule has 0 fully saturated rings. The summed E-state index contributed by atoms with van der Waals surface area (Å²) in [6.45, 7) is 0. The first-order chi connectivity index (χ1) is 13.1. The molecule has 0 aliphatic rings. The van der Waals surface area contributed by atoms with Crippen molar-refractivity contribution in [3.63, 3.8) is 0 Å². The molecule has 152 valence electrons. The monoisotopic (exact) mass is 438 g/mol. The number of hydrogen-bond acceptors (Lipinski definition) is 4. The van der Waals surface area contributed by atoms with E-state index in [1.165, 1.54) is 12.1 Å². The van der Waals surface area contributed by atoms with Crippen LogP contribution >= 0.6 is 23.2 Å². The highest BCUT2D eigenvalue weighted by atomic mass is 35.5. The molecule has 0 unspecified atom stereocenters. The van der Waals surface area contributed by atoms with E-state index in [0.717, 1.165) is 12.1 Å². The highest BCUT2D eigenvalue weighted by Crippen LogP contribution is 2.34. The summed E-state index contributed by atoms with van der Waals surface area (Å²) in [6.07, 6.45) is -0.851. The van der Waals surface area contributed by atoms with Crippen LogP contribution in [0, 0.1) is 0 Å². The fourth-order valence-corrected chi connectivity index (χ4v) is 1.87. The third kappa shape index (κ3) is 7.57. The van der Waals surface area contributed by atoms with E-state index in [1.807, 2.05) is 5.32 Å². The molecule has 2 amide bonds. The maximum Gasteiger partial charge on any atom is 0.418 e. The van der Waals surface area contributed by atoms with Crippen LogP contribution in [0.25, 0.3) is 0 Å². The lowest BCUT2D eigenvalue weighted by Gasteiger charge is -2.13. The molecule has 0 aliphatic heterocycles. The molecule has 0 aliphatic carbocycles. The SMILES string of the molecule is Cn1ccnc1NC(=O)CC=O.O=C(Nc1ccccc1C(F)(F)F)C(Cl)Cl. The number of carbonyl (C=O) groups is 3. The van der Waals surface area contributed by atoms with Gasteiger partial charge in [0.15, 0.2) is 4.84 Å². The number of rotatable bonds is 5. The fraction of sp³-hybridized carbons (Fsp3) is 0.250. The van der Waals surface area contributed by atoms with Gasteiger partial charge in [-0.1, -0.05) is 35.3 Å². The van der Waals surface area contributed by atoms with Crippen molar-refractivity contribution >= 4 is 52.9 Å². The Morgan fingerprint density at radius 1 is 1.25 bits per heavy atom. The Bertz CT molecular complexity index is 825. The minimum atomic E-state index is -4.54. The summed E-state index contributed by atoms with van der Waals surface area (Å²) in [5, 5.41) is 4.47. The van der Waals surface area contributed by atoms with Crippen molar-refractivity contribution in [1.29, 1.82) is 0 Å². The lowest BCUT2D eigenvalue weighted by Crippen LogP contribution is -2.21. The zero-order valence-electron chi connectivity index (χ0n) is 14.3. The Balaban J connectivity index is 0.000000292. The summed E-state index contributed by atoms with van der Waals surface area (Å²) >= 11 is 10.4. The molecule has 2 aromatic rings. The number of halogens is 5. The van der Waals surface area contributed by atoms with Gasteiger partial charge in [-0.05, 0) is 12.1 Å². The molecule has 28 heavy (non-hydrogen) atoms. The number of aldehydes is 1. The second-order valence-corrected chi connectivity index (χ2v) is 6.21. The van der Waals surface area contributed by atoms with Gasteiger partial charge in [-0.25, -0.2) is 4.98 Å². The van der Waals surface area contributed by atoms with Crippen LogP contribution in [-0.2, 0) is 27.6 Å². The Morgan fingerprint density at radius 3 is 2.39 bits per heavy atom. The Labute approximate surface area is 167 Å². The van der Waals surface area contributed by atoms with Crippen LogP contribution in [0.5, 0.6) is 0 Å². The van der Waals surface area contributed by atoms with Gasteiger partial charge in [-0.2, -0.15) is 13.2 Å². The Kier molecular flexibility index (Phi) is 8.93. The van der Waals surface area contributed by atoms with Crippen molar-refractivity contribution < 1.29 is 27.6 Å². The maximum absolute atomic E-state index is 12.5. The van der Waals surface area contributed by atoms with Crippen LogP contribution in [0.2, 0.25) is 0 Å². The third-order valence-corrected chi connectivity index (χ3v) is 3.43. The summed E-state index contributed by atoms with van der Waals surface area (Å²) < 4.78 is 39.1. The number of para-hydroxylation sites is 1. The molecule has 0 atom stereocenters. The lowest BCUT2D eigenvalue weighted by molar-refractivity contribution is -0.137. The smallest absolute Gasteiger partial charge is 0.323 e. The van der Waals surface area contributed by atoms with Gasteiger partial charge < -0.3 is 14.7 Å². The van der Waals surface area contributed by atoms with Crippen molar-refractivity contribution in [3.8, 4) is 0 Å². The molecule has 2 N–H and O–H groups in total. The molecule has 0 spiro atoms. The quantitative estimate of drug-likeness (QED) is 0.425. The number of anilines is 2. The molecule has 2 rings (SSSR count). The van der Waals surface area contributed by atoms with Crippen molar-refractivity contribution in [3.05, 3.63) is 42.2 Å². The molecule has 1 heterocycles. The van der Waals surface area contributed by atoms with E-state index in [4.69, 9.17) is 23.2 Å². The van der Waals surface area contributed by atoms with E-state index >= 15 is 0 Å². The van der Waals surface area contributed by atoms with Crippen molar-refractivity contribution in [1.82, 2.24) is 9.55 Å². The zero-order chi connectivity index (χ0) is 21.3. The molecule has 12 heteroatoms. The number of imidazole rings is 1. The molecule has 0 radical (unpaired) electrons. The molecular weight excluding hydrogens is 424 g/mol. The fourth-order valence-electron chi connectivity index (χ4n) is 1.76. The van der Waals surface area contributed by atoms with E-state index in [1.54, 1.807) is 24.0 Å². The van der Waals surface area contributed by atoms with E-state index in [-0.39, 0.29) is 18.0 Å². The number of carbonyl (C=O) groups excluding carboxylic acids is 3. The van der Waals surface area contributed by atoms with Gasteiger partial charge >= 0.3 is 6.18 Å². The first-order valence-electron chi connectivity index (χ1n) is 7.52. The number of amides is 2. The van der Waals surface area contributed by atoms with Crippen molar-refractivity contribution in [2.75, 3.05) is 10.6 Å². The molecule has 7 nitrogen and oxygen atoms in total. The molecule has 0 saturated carbocycles. The minimum Gasteiger partial charge on any atom is -0.323 e. The molecule has 1 aromatic carbocycles. The van der Waals surface area contributed by atoms with Gasteiger partial charge in [0.25, 0.3) is 5.91 Å². The number of benzene rings is 1. The van der Waals surface area contributed by atoms with Crippen LogP contribution in [0.1, 0.15) is 12.0 Å². The van der Waals surface area contributed by atoms with E-state index in [9.17, 15) is 27.6 Å². The molecule has 0 bridgehead atoms. The first kappa shape index (κ1) is 23.4. The van der Waals surface area contributed by atoms with Gasteiger partial charge in [-0.15, -0.1) is 0 Å². The summed E-state index contributed by atoms with van der Waals surface area (Å²) in [6, 6.07) is 4.56. The van der Waals surface area contributed by atoms with Gasteiger partial charge in [0, 0.05) is 19.4 Å². The van der Waals surface area contributed by atoms with Crippen molar-refractivity contribution in [2.24, 2.45) is 7.05 Å². The van der Waals surface area contributed by atoms with Crippen LogP contribution in [0.15, 0.2) is 36.7 Å². The number of hydrogen-bond donors (Lipinski definition) is 2. The largest absolute Gasteiger partial charge is 0.418 e.